The molecule has 2 aromatic rings. The lowest BCUT2D eigenvalue weighted by Gasteiger charge is -2.15. The van der Waals surface area contributed by atoms with Crippen LogP contribution in [-0.4, -0.2) is 12.7 Å². The molecule has 3 rings (SSSR count). The minimum atomic E-state index is -3.16. The van der Waals surface area contributed by atoms with E-state index in [1.165, 1.54) is 11.1 Å². The van der Waals surface area contributed by atoms with Crippen molar-refractivity contribution in [1.82, 2.24) is 0 Å². The molecule has 0 bridgehead atoms. The van der Waals surface area contributed by atoms with Gasteiger partial charge < -0.3 is 9.47 Å². The molecule has 6 heteroatoms. The summed E-state index contributed by atoms with van der Waals surface area (Å²) >= 11 is 0. The molecule has 1 fully saturated rings. The van der Waals surface area contributed by atoms with Gasteiger partial charge in [0.15, 0.2) is 0 Å². The van der Waals surface area contributed by atoms with E-state index >= 15 is 0 Å². The van der Waals surface area contributed by atoms with Crippen molar-refractivity contribution in [3.8, 4) is 5.75 Å². The second-order valence-corrected chi connectivity index (χ2v) is 6.72. The van der Waals surface area contributed by atoms with Crippen LogP contribution in [-0.2, 0) is 17.8 Å². The zero-order chi connectivity index (χ0) is 19.4. The fourth-order valence-corrected chi connectivity index (χ4v) is 2.99. The number of benzene rings is 2. The molecule has 1 aliphatic rings. The van der Waals surface area contributed by atoms with Gasteiger partial charge in [-0.3, -0.25) is 5.32 Å². The van der Waals surface area contributed by atoms with Crippen molar-refractivity contribution < 1.29 is 23.0 Å². The predicted molar refractivity (Wildman–Crippen MR) is 99.4 cm³/mol. The van der Waals surface area contributed by atoms with Gasteiger partial charge in [-0.25, -0.2) is 4.79 Å². The molecule has 1 amide bonds. The van der Waals surface area contributed by atoms with E-state index in [1.54, 1.807) is 6.07 Å². The van der Waals surface area contributed by atoms with E-state index in [9.17, 15) is 13.6 Å². The van der Waals surface area contributed by atoms with E-state index in [4.69, 9.17) is 4.74 Å². The molecule has 4 nitrogen and oxygen atoms in total. The van der Waals surface area contributed by atoms with E-state index < -0.39 is 12.7 Å². The second-order valence-electron chi connectivity index (χ2n) is 6.72. The van der Waals surface area contributed by atoms with E-state index in [0.29, 0.717) is 11.6 Å². The number of alkyl halides is 2. The maximum atomic E-state index is 12.2. The zero-order valence-corrected chi connectivity index (χ0v) is 15.4. The Morgan fingerprint density at radius 1 is 1.22 bits per heavy atom. The fourth-order valence-electron chi connectivity index (χ4n) is 2.99. The summed E-state index contributed by atoms with van der Waals surface area (Å²) in [5.74, 6) is 1.28. The maximum Gasteiger partial charge on any atom is 0.416 e. The molecule has 0 aliphatic heterocycles. The van der Waals surface area contributed by atoms with Crippen LogP contribution in [0.15, 0.2) is 36.4 Å². The normalized spacial score (nSPS) is 13.5. The van der Waals surface area contributed by atoms with Crippen LogP contribution in [0.5, 0.6) is 5.75 Å². The van der Waals surface area contributed by atoms with Gasteiger partial charge >= 0.3 is 12.7 Å². The highest BCUT2D eigenvalue weighted by Gasteiger charge is 2.24. The lowest BCUT2D eigenvalue weighted by atomic mass is 10.1. The third kappa shape index (κ3) is 5.18. The third-order valence-corrected chi connectivity index (χ3v) is 4.64. The number of ether oxygens (including phenoxy) is 2. The van der Waals surface area contributed by atoms with Crippen LogP contribution >= 0.6 is 0 Å². The number of rotatable bonds is 7. The first-order valence-corrected chi connectivity index (χ1v) is 9.07. The molecule has 0 unspecified atom stereocenters. The summed E-state index contributed by atoms with van der Waals surface area (Å²) in [5, 5.41) is 2.38. The quantitative estimate of drug-likeness (QED) is 0.667. The first kappa shape index (κ1) is 19.1. The van der Waals surface area contributed by atoms with Crippen LogP contribution in [0, 0.1) is 6.92 Å². The van der Waals surface area contributed by atoms with E-state index in [1.807, 2.05) is 31.2 Å². The van der Waals surface area contributed by atoms with Gasteiger partial charge in [-0.15, -0.1) is 0 Å². The molecule has 1 aliphatic carbocycles. The minimum Gasteiger partial charge on any atom is -0.489 e. The smallest absolute Gasteiger partial charge is 0.416 e. The molecule has 0 radical (unpaired) electrons. The summed E-state index contributed by atoms with van der Waals surface area (Å²) in [5.41, 5.74) is 4.56. The number of halogens is 2. The summed E-state index contributed by atoms with van der Waals surface area (Å²) in [7, 11) is 0. The molecule has 0 spiro atoms. The average Bonchev–Trinajstić information content (AvgIpc) is 3.46. The molecule has 0 heterocycles. The van der Waals surface area contributed by atoms with Crippen molar-refractivity contribution in [2.24, 2.45) is 0 Å². The van der Waals surface area contributed by atoms with Crippen molar-refractivity contribution in [3.05, 3.63) is 58.7 Å². The van der Waals surface area contributed by atoms with Gasteiger partial charge in [0, 0.05) is 5.56 Å². The number of amides is 1. The van der Waals surface area contributed by atoms with Crippen LogP contribution in [0.4, 0.5) is 19.3 Å². The topological polar surface area (TPSA) is 47.6 Å². The van der Waals surface area contributed by atoms with E-state index in [2.05, 4.69) is 23.0 Å². The molecule has 0 aromatic heterocycles. The van der Waals surface area contributed by atoms with Gasteiger partial charge in [0.1, 0.15) is 12.4 Å². The number of hydrogen-bond donors (Lipinski definition) is 1. The van der Waals surface area contributed by atoms with Crippen molar-refractivity contribution >= 4 is 11.8 Å². The van der Waals surface area contributed by atoms with Crippen LogP contribution in [0.1, 0.15) is 47.9 Å². The number of carbonyl (C=O) groups excluding carboxylic acids is 1. The maximum absolute atomic E-state index is 12.2. The van der Waals surface area contributed by atoms with Crippen LogP contribution in [0.25, 0.3) is 0 Å². The van der Waals surface area contributed by atoms with E-state index in [-0.39, 0.29) is 6.61 Å². The van der Waals surface area contributed by atoms with Gasteiger partial charge in [-0.1, -0.05) is 31.2 Å². The number of hydrogen-bond acceptors (Lipinski definition) is 3. The van der Waals surface area contributed by atoms with Gasteiger partial charge in [0.2, 0.25) is 0 Å². The standard InChI is InChI=1S/C21H23F2NO3/c1-3-14-4-9-19(13(2)10-14)26-12-17-11-16(15-5-6-15)7-8-18(17)24-21(25)27-20(22)23/h4,7-11,15,20H,3,5-6,12H2,1-2H3,(H,24,25). The van der Waals surface area contributed by atoms with Gasteiger partial charge in [-0.2, -0.15) is 8.78 Å². The lowest BCUT2D eigenvalue weighted by Crippen LogP contribution is -2.18. The Morgan fingerprint density at radius 2 is 2.00 bits per heavy atom. The number of nitrogens with one attached hydrogen (secondary N) is 1. The summed E-state index contributed by atoms with van der Waals surface area (Å²) in [6.45, 7) is 1.13. The third-order valence-electron chi connectivity index (χ3n) is 4.64. The Morgan fingerprint density at radius 3 is 2.63 bits per heavy atom. The van der Waals surface area contributed by atoms with Crippen LogP contribution in [0.3, 0.4) is 0 Å². The molecule has 2 aromatic carbocycles. The number of aryl methyl sites for hydroxylation is 2. The Bertz CT molecular complexity index is 819. The summed E-state index contributed by atoms with van der Waals surface area (Å²) in [4.78, 5) is 11.6. The van der Waals surface area contributed by atoms with Crippen molar-refractivity contribution in [2.45, 2.75) is 52.2 Å². The van der Waals surface area contributed by atoms with Gasteiger partial charge in [0.25, 0.3) is 0 Å². The summed E-state index contributed by atoms with van der Waals surface area (Å²) in [6.07, 6.45) is 2.04. The van der Waals surface area contributed by atoms with Crippen molar-refractivity contribution in [3.63, 3.8) is 0 Å². The largest absolute Gasteiger partial charge is 0.489 e. The second kappa shape index (κ2) is 8.37. The van der Waals surface area contributed by atoms with Crippen LogP contribution < -0.4 is 10.1 Å². The number of carbonyl (C=O) groups is 1. The van der Waals surface area contributed by atoms with Crippen molar-refractivity contribution in [2.75, 3.05) is 5.32 Å². The Balaban J connectivity index is 1.77. The lowest BCUT2D eigenvalue weighted by molar-refractivity contribution is -0.0766. The SMILES string of the molecule is CCc1ccc(OCc2cc(C3CC3)ccc2NC(=O)OC(F)F)c(C)c1. The Kier molecular flexibility index (Phi) is 5.94. The molecule has 0 saturated heterocycles. The first-order valence-electron chi connectivity index (χ1n) is 9.07. The Hall–Kier alpha value is -2.63. The fraction of sp³-hybridized carbons (Fsp3) is 0.381. The highest BCUT2D eigenvalue weighted by atomic mass is 19.3. The highest BCUT2D eigenvalue weighted by Crippen LogP contribution is 2.41. The Labute approximate surface area is 157 Å². The highest BCUT2D eigenvalue weighted by molar-refractivity contribution is 5.85. The predicted octanol–water partition coefficient (Wildman–Crippen LogP) is 5.78. The van der Waals surface area contributed by atoms with Gasteiger partial charge in [0.05, 0.1) is 5.69 Å². The monoisotopic (exact) mass is 375 g/mol. The first-order chi connectivity index (χ1) is 13.0. The summed E-state index contributed by atoms with van der Waals surface area (Å²) in [6, 6.07) is 11.6. The summed E-state index contributed by atoms with van der Waals surface area (Å²) < 4.78 is 34.3. The molecule has 1 saturated carbocycles. The van der Waals surface area contributed by atoms with Crippen molar-refractivity contribution in [1.29, 1.82) is 0 Å². The number of anilines is 1. The molecule has 144 valence electrons. The van der Waals surface area contributed by atoms with E-state index in [0.717, 1.165) is 36.1 Å². The van der Waals surface area contributed by atoms with Crippen LogP contribution in [0.2, 0.25) is 0 Å². The van der Waals surface area contributed by atoms with Gasteiger partial charge in [-0.05, 0) is 60.9 Å². The average molecular weight is 375 g/mol. The molecular weight excluding hydrogens is 352 g/mol. The minimum absolute atomic E-state index is 0.219. The zero-order valence-electron chi connectivity index (χ0n) is 15.4. The molecular formula is C21H23F2NO3. The molecule has 27 heavy (non-hydrogen) atoms. The molecule has 0 atom stereocenters. The molecule has 1 N–H and O–H groups in total.